The molecule has 1 heterocycles. The fourth-order valence-electron chi connectivity index (χ4n) is 12.3. The van der Waals surface area contributed by atoms with Crippen molar-refractivity contribution < 1.29 is 4.42 Å². The molecule has 1 nitrogen and oxygen atoms in total. The summed E-state index contributed by atoms with van der Waals surface area (Å²) in [6.07, 6.45) is 1.81. The van der Waals surface area contributed by atoms with Gasteiger partial charge in [0.1, 0.15) is 11.2 Å². The van der Waals surface area contributed by atoms with E-state index in [1.165, 1.54) is 111 Å². The molecule has 14 rings (SSSR count). The van der Waals surface area contributed by atoms with Crippen molar-refractivity contribution in [3.05, 3.63) is 250 Å². The number of benzene rings is 10. The molecule has 0 amide bonds. The van der Waals surface area contributed by atoms with E-state index >= 15 is 0 Å². The van der Waals surface area contributed by atoms with Crippen molar-refractivity contribution in [3.63, 3.8) is 0 Å². The summed E-state index contributed by atoms with van der Waals surface area (Å²) >= 11 is 0. The summed E-state index contributed by atoms with van der Waals surface area (Å²) in [6, 6.07) is 75.2. The van der Waals surface area contributed by atoms with Gasteiger partial charge in [-0.1, -0.05) is 202 Å². The minimum absolute atomic E-state index is 0.0144. The average molecular weight is 829 g/mol. The third-order valence-corrected chi connectivity index (χ3v) is 15.3. The molecule has 1 atom stereocenters. The number of para-hydroxylation sites is 2. The third-order valence-electron chi connectivity index (χ3n) is 15.3. The maximum absolute atomic E-state index is 6.76. The molecule has 0 bridgehead atoms. The Morgan fingerprint density at radius 1 is 0.415 bits per heavy atom. The SMILES string of the molecule is CC1(C)c2ccccc2-c2ccc(C(c3ccc(-c4cccc5c4Cc4ccccc4-5)cc3)c3cccc4c3Cc3c-4cc4ccccc4c3-c3cccc4c3oc3ccccc34)cc21. The standard InChI is InChI=1S/C64H44O/c1-64(2)58-26-9-7-18-48(58)49-33-32-42(36-59(49)64)61(39-30-28-38(29-31-39)43-20-11-21-46-44-16-5-3-14-40(44)34-54(43)46)51-23-12-22-47-55-35-41-15-4-6-17-45(41)62(57(55)37-56(47)51)53-25-13-24-52-50-19-8-10-27-60(50)65-63(52)53/h3-33,35-36,61H,34,37H2,1-2H3. The lowest BCUT2D eigenvalue weighted by molar-refractivity contribution is 0.659. The van der Waals surface area contributed by atoms with Gasteiger partial charge in [-0.25, -0.2) is 0 Å². The summed E-state index contributed by atoms with van der Waals surface area (Å²) in [5.74, 6) is 0.0144. The van der Waals surface area contributed by atoms with Crippen molar-refractivity contribution in [1.29, 1.82) is 0 Å². The van der Waals surface area contributed by atoms with Gasteiger partial charge in [-0.2, -0.15) is 0 Å². The first-order valence-corrected chi connectivity index (χ1v) is 23.1. The van der Waals surface area contributed by atoms with Crippen molar-refractivity contribution in [3.8, 4) is 55.6 Å². The minimum atomic E-state index is -0.108. The summed E-state index contributed by atoms with van der Waals surface area (Å²) in [4.78, 5) is 0. The van der Waals surface area contributed by atoms with Crippen LogP contribution in [-0.4, -0.2) is 0 Å². The second kappa shape index (κ2) is 13.6. The number of hydrogen-bond donors (Lipinski definition) is 0. The maximum Gasteiger partial charge on any atom is 0.143 e. The molecule has 11 aromatic rings. The van der Waals surface area contributed by atoms with Gasteiger partial charge in [-0.15, -0.1) is 0 Å². The van der Waals surface area contributed by atoms with Crippen molar-refractivity contribution in [2.75, 3.05) is 0 Å². The van der Waals surface area contributed by atoms with Crippen LogP contribution >= 0.6 is 0 Å². The maximum atomic E-state index is 6.76. The highest BCUT2D eigenvalue weighted by molar-refractivity contribution is 6.14. The topological polar surface area (TPSA) is 13.1 Å². The van der Waals surface area contributed by atoms with Crippen LogP contribution in [0.3, 0.4) is 0 Å². The van der Waals surface area contributed by atoms with Crippen molar-refractivity contribution >= 4 is 32.7 Å². The molecule has 0 N–H and O–H groups in total. The van der Waals surface area contributed by atoms with Gasteiger partial charge in [-0.3, -0.25) is 0 Å². The summed E-state index contributed by atoms with van der Waals surface area (Å²) < 4.78 is 6.76. The van der Waals surface area contributed by atoms with Crippen LogP contribution in [0.15, 0.2) is 205 Å². The normalized spacial score (nSPS) is 14.2. The Hall–Kier alpha value is -7.74. The van der Waals surface area contributed by atoms with Gasteiger partial charge in [0.15, 0.2) is 0 Å². The molecule has 0 fully saturated rings. The molecule has 1 aromatic heterocycles. The Bertz CT molecular complexity index is 3800. The Kier molecular flexibility index (Phi) is 7.70. The van der Waals surface area contributed by atoms with E-state index in [9.17, 15) is 0 Å². The molecule has 306 valence electrons. The van der Waals surface area contributed by atoms with E-state index in [2.05, 4.69) is 214 Å². The molecule has 0 spiro atoms. The Morgan fingerprint density at radius 3 is 1.95 bits per heavy atom. The van der Waals surface area contributed by atoms with E-state index in [0.717, 1.165) is 40.3 Å². The molecular formula is C64H44O. The minimum Gasteiger partial charge on any atom is -0.455 e. The van der Waals surface area contributed by atoms with Gasteiger partial charge in [0.2, 0.25) is 0 Å². The lowest BCUT2D eigenvalue weighted by Gasteiger charge is -2.26. The first-order chi connectivity index (χ1) is 32.0. The molecule has 3 aliphatic rings. The van der Waals surface area contributed by atoms with Crippen LogP contribution in [0, 0.1) is 0 Å². The zero-order valence-electron chi connectivity index (χ0n) is 36.5. The van der Waals surface area contributed by atoms with Crippen LogP contribution in [0.2, 0.25) is 0 Å². The highest BCUT2D eigenvalue weighted by Gasteiger charge is 2.37. The van der Waals surface area contributed by atoms with Gasteiger partial charge in [0.05, 0.1) is 0 Å². The van der Waals surface area contributed by atoms with Crippen molar-refractivity contribution in [2.45, 2.75) is 38.0 Å². The largest absolute Gasteiger partial charge is 0.455 e. The van der Waals surface area contributed by atoms with E-state index in [0.29, 0.717) is 0 Å². The van der Waals surface area contributed by atoms with Gasteiger partial charge in [0.25, 0.3) is 0 Å². The Balaban J connectivity index is 0.954. The summed E-state index contributed by atoms with van der Waals surface area (Å²) in [5, 5.41) is 4.82. The van der Waals surface area contributed by atoms with Crippen LogP contribution in [0.25, 0.3) is 88.3 Å². The molecule has 0 radical (unpaired) electrons. The van der Waals surface area contributed by atoms with Gasteiger partial charge < -0.3 is 4.42 Å². The third kappa shape index (κ3) is 5.27. The quantitative estimate of drug-likeness (QED) is 0.158. The molecule has 0 aliphatic heterocycles. The van der Waals surface area contributed by atoms with E-state index in [-0.39, 0.29) is 11.3 Å². The molecule has 3 aliphatic carbocycles. The van der Waals surface area contributed by atoms with Crippen molar-refractivity contribution in [1.82, 2.24) is 0 Å². The van der Waals surface area contributed by atoms with Crippen LogP contribution in [0.4, 0.5) is 0 Å². The fourth-order valence-corrected chi connectivity index (χ4v) is 12.3. The van der Waals surface area contributed by atoms with Crippen LogP contribution < -0.4 is 0 Å². The molecule has 1 heteroatoms. The number of fused-ring (bicyclic) bond motifs is 13. The smallest absolute Gasteiger partial charge is 0.143 e. The number of hydrogen-bond acceptors (Lipinski definition) is 1. The summed E-state index contributed by atoms with van der Waals surface area (Å²) in [7, 11) is 0. The van der Waals surface area contributed by atoms with Crippen molar-refractivity contribution in [2.24, 2.45) is 0 Å². The van der Waals surface area contributed by atoms with Gasteiger partial charge >= 0.3 is 0 Å². The molecule has 0 saturated heterocycles. The summed E-state index contributed by atoms with van der Waals surface area (Å²) in [5.41, 5.74) is 27.3. The van der Waals surface area contributed by atoms with E-state index in [1.807, 2.05) is 0 Å². The zero-order valence-corrected chi connectivity index (χ0v) is 36.5. The van der Waals surface area contributed by atoms with E-state index in [1.54, 1.807) is 0 Å². The lowest BCUT2D eigenvalue weighted by atomic mass is 9.77. The van der Waals surface area contributed by atoms with Crippen LogP contribution in [0.5, 0.6) is 0 Å². The molecule has 0 saturated carbocycles. The average Bonchev–Trinajstić information content (AvgIpc) is 4.10. The van der Waals surface area contributed by atoms with E-state index < -0.39 is 0 Å². The monoisotopic (exact) mass is 828 g/mol. The molecule has 65 heavy (non-hydrogen) atoms. The second-order valence-electron chi connectivity index (χ2n) is 19.0. The highest BCUT2D eigenvalue weighted by atomic mass is 16.3. The molecule has 1 unspecified atom stereocenters. The predicted molar refractivity (Wildman–Crippen MR) is 270 cm³/mol. The first-order valence-electron chi connectivity index (χ1n) is 23.1. The Labute approximate surface area is 379 Å². The highest BCUT2D eigenvalue weighted by Crippen LogP contribution is 2.53. The zero-order chi connectivity index (χ0) is 43.0. The first kappa shape index (κ1) is 36.7. The number of furan rings is 1. The van der Waals surface area contributed by atoms with Crippen LogP contribution in [-0.2, 0) is 18.3 Å². The second-order valence-corrected chi connectivity index (χ2v) is 19.0. The fraction of sp³-hybridized carbons (Fsp3) is 0.0938. The Morgan fingerprint density at radius 2 is 1.06 bits per heavy atom. The van der Waals surface area contributed by atoms with Gasteiger partial charge in [0, 0.05) is 27.7 Å². The lowest BCUT2D eigenvalue weighted by Crippen LogP contribution is -2.16. The van der Waals surface area contributed by atoms with Gasteiger partial charge in [-0.05, 0) is 136 Å². The van der Waals surface area contributed by atoms with E-state index in [4.69, 9.17) is 4.42 Å². The summed E-state index contributed by atoms with van der Waals surface area (Å²) in [6.45, 7) is 4.79. The predicted octanol–water partition coefficient (Wildman–Crippen LogP) is 16.7. The molecule has 10 aromatic carbocycles. The van der Waals surface area contributed by atoms with Crippen LogP contribution in [0.1, 0.15) is 69.8 Å². The molecular weight excluding hydrogens is 785 g/mol. The number of rotatable bonds is 5.